The molecule has 0 radical (unpaired) electrons. The highest BCUT2D eigenvalue weighted by Gasteiger charge is 1.99. The van der Waals surface area contributed by atoms with Gasteiger partial charge in [0.15, 0.2) is 5.75 Å². The van der Waals surface area contributed by atoms with Crippen LogP contribution in [0.15, 0.2) is 25.0 Å². The Kier molecular flexibility index (Phi) is 2.37. The van der Waals surface area contributed by atoms with E-state index in [1.165, 1.54) is 12.4 Å². The molecule has 0 atom stereocenters. The van der Waals surface area contributed by atoms with E-state index in [1.54, 1.807) is 0 Å². The number of esters is 1. The van der Waals surface area contributed by atoms with E-state index >= 15 is 0 Å². The van der Waals surface area contributed by atoms with Gasteiger partial charge in [0.25, 0.3) is 0 Å². The van der Waals surface area contributed by atoms with Gasteiger partial charge in [0.1, 0.15) is 0 Å². The summed E-state index contributed by atoms with van der Waals surface area (Å²) in [5, 5.41) is 0. The maximum absolute atomic E-state index is 10.6. The lowest BCUT2D eigenvalue weighted by atomic mass is 10.6. The Balaban J connectivity index is 2.71. The smallest absolute Gasteiger partial charge is 0.335 e. The lowest BCUT2D eigenvalue weighted by Gasteiger charge is -1.98. The second-order valence-electron chi connectivity index (χ2n) is 1.90. The largest absolute Gasteiger partial charge is 0.420 e. The molecular formula is C7H7N3O2. The molecule has 12 heavy (non-hydrogen) atoms. The SMILES string of the molecule is C=CC(=O)Oc1cnc(N)nc1. The third kappa shape index (κ3) is 2.05. The fraction of sp³-hybridized carbons (Fsp3) is 0. The second-order valence-corrected chi connectivity index (χ2v) is 1.90. The predicted octanol–water partition coefficient (Wildman–Crippen LogP) is 0.150. The van der Waals surface area contributed by atoms with Crippen LogP contribution in [0.5, 0.6) is 5.75 Å². The Morgan fingerprint density at radius 2 is 2.17 bits per heavy atom. The number of carbonyl (C=O) groups excluding carboxylic acids is 1. The number of nitrogens with zero attached hydrogens (tertiary/aromatic N) is 2. The first kappa shape index (κ1) is 8.19. The minimum atomic E-state index is -0.552. The van der Waals surface area contributed by atoms with Gasteiger partial charge in [-0.3, -0.25) is 0 Å². The molecule has 62 valence electrons. The fourth-order valence-corrected chi connectivity index (χ4v) is 0.537. The number of nitrogen functional groups attached to an aromatic ring is 1. The quantitative estimate of drug-likeness (QED) is 0.498. The van der Waals surface area contributed by atoms with Crippen LogP contribution in [-0.2, 0) is 4.79 Å². The number of ether oxygens (including phenoxy) is 1. The highest BCUT2D eigenvalue weighted by molar-refractivity contribution is 5.83. The number of aromatic nitrogens is 2. The zero-order chi connectivity index (χ0) is 8.97. The van der Waals surface area contributed by atoms with Gasteiger partial charge in [-0.1, -0.05) is 6.58 Å². The van der Waals surface area contributed by atoms with E-state index in [2.05, 4.69) is 21.3 Å². The molecule has 1 aromatic rings. The zero-order valence-electron chi connectivity index (χ0n) is 6.23. The molecule has 0 aliphatic heterocycles. The normalized spacial score (nSPS) is 9.00. The summed E-state index contributed by atoms with van der Waals surface area (Å²) < 4.78 is 4.68. The van der Waals surface area contributed by atoms with Crippen molar-refractivity contribution in [1.82, 2.24) is 9.97 Å². The summed E-state index contributed by atoms with van der Waals surface area (Å²) >= 11 is 0. The van der Waals surface area contributed by atoms with Gasteiger partial charge >= 0.3 is 5.97 Å². The maximum atomic E-state index is 10.6. The van der Waals surface area contributed by atoms with Crippen LogP contribution in [0.1, 0.15) is 0 Å². The van der Waals surface area contributed by atoms with Crippen molar-refractivity contribution in [3.63, 3.8) is 0 Å². The van der Waals surface area contributed by atoms with Gasteiger partial charge < -0.3 is 10.5 Å². The van der Waals surface area contributed by atoms with Gasteiger partial charge in [-0.25, -0.2) is 14.8 Å². The van der Waals surface area contributed by atoms with Gasteiger partial charge in [-0.15, -0.1) is 0 Å². The van der Waals surface area contributed by atoms with Crippen molar-refractivity contribution in [3.05, 3.63) is 25.0 Å². The minimum absolute atomic E-state index is 0.133. The molecule has 0 aromatic carbocycles. The maximum Gasteiger partial charge on any atom is 0.335 e. The molecule has 0 spiro atoms. The van der Waals surface area contributed by atoms with Gasteiger partial charge in [-0.2, -0.15) is 0 Å². The van der Waals surface area contributed by atoms with Crippen LogP contribution in [0.4, 0.5) is 5.95 Å². The number of nitrogens with two attached hydrogens (primary N) is 1. The number of hydrogen-bond donors (Lipinski definition) is 1. The van der Waals surface area contributed by atoms with Crippen LogP contribution in [0.2, 0.25) is 0 Å². The van der Waals surface area contributed by atoms with E-state index in [0.717, 1.165) is 6.08 Å². The summed E-state index contributed by atoms with van der Waals surface area (Å²) in [5.74, 6) is -0.175. The number of hydrogen-bond acceptors (Lipinski definition) is 5. The van der Waals surface area contributed by atoms with Crippen molar-refractivity contribution in [2.75, 3.05) is 5.73 Å². The minimum Gasteiger partial charge on any atom is -0.420 e. The lowest BCUT2D eigenvalue weighted by Crippen LogP contribution is -2.04. The predicted molar refractivity (Wildman–Crippen MR) is 42.3 cm³/mol. The third-order valence-electron chi connectivity index (χ3n) is 1.03. The summed E-state index contributed by atoms with van der Waals surface area (Å²) in [4.78, 5) is 17.9. The molecular weight excluding hydrogens is 158 g/mol. The molecule has 0 aliphatic carbocycles. The van der Waals surface area contributed by atoms with E-state index in [-0.39, 0.29) is 11.7 Å². The summed E-state index contributed by atoms with van der Waals surface area (Å²) in [5.41, 5.74) is 5.21. The van der Waals surface area contributed by atoms with Crippen molar-refractivity contribution < 1.29 is 9.53 Å². The zero-order valence-corrected chi connectivity index (χ0v) is 6.23. The molecule has 5 heteroatoms. The standard InChI is InChI=1S/C7H7N3O2/c1-2-6(11)12-5-3-9-7(8)10-4-5/h2-4H,1H2,(H2,8,9,10). The highest BCUT2D eigenvalue weighted by Crippen LogP contribution is 2.06. The fourth-order valence-electron chi connectivity index (χ4n) is 0.537. The third-order valence-corrected chi connectivity index (χ3v) is 1.03. The molecule has 0 bridgehead atoms. The molecule has 0 saturated heterocycles. The van der Waals surface area contributed by atoms with E-state index in [0.29, 0.717) is 0 Å². The summed E-state index contributed by atoms with van der Waals surface area (Å²) in [6.45, 7) is 3.23. The molecule has 2 N–H and O–H groups in total. The first-order valence-electron chi connectivity index (χ1n) is 3.14. The van der Waals surface area contributed by atoms with Gasteiger partial charge in [-0.05, 0) is 0 Å². The molecule has 1 rings (SSSR count). The average Bonchev–Trinajstić information content (AvgIpc) is 2.09. The van der Waals surface area contributed by atoms with Crippen LogP contribution in [0.3, 0.4) is 0 Å². The van der Waals surface area contributed by atoms with E-state index in [1.807, 2.05) is 0 Å². The molecule has 0 aliphatic rings. The van der Waals surface area contributed by atoms with E-state index in [9.17, 15) is 4.79 Å². The summed E-state index contributed by atoms with van der Waals surface area (Å²) in [6, 6.07) is 0. The Morgan fingerprint density at radius 1 is 1.58 bits per heavy atom. The van der Waals surface area contributed by atoms with Crippen LogP contribution in [-0.4, -0.2) is 15.9 Å². The molecule has 0 amide bonds. The number of carbonyl (C=O) groups is 1. The molecule has 0 fully saturated rings. The van der Waals surface area contributed by atoms with E-state index < -0.39 is 5.97 Å². The molecule has 1 heterocycles. The van der Waals surface area contributed by atoms with Crippen molar-refractivity contribution in [1.29, 1.82) is 0 Å². The first-order valence-corrected chi connectivity index (χ1v) is 3.14. The number of anilines is 1. The Hall–Kier alpha value is -1.91. The molecule has 0 unspecified atom stereocenters. The second kappa shape index (κ2) is 3.47. The monoisotopic (exact) mass is 165 g/mol. The van der Waals surface area contributed by atoms with Crippen molar-refractivity contribution in [2.24, 2.45) is 0 Å². The molecule has 0 saturated carbocycles. The Labute approximate surface area is 68.9 Å². The van der Waals surface area contributed by atoms with Gasteiger partial charge in [0, 0.05) is 6.08 Å². The summed E-state index contributed by atoms with van der Waals surface area (Å²) in [6.07, 6.45) is 3.67. The average molecular weight is 165 g/mol. The lowest BCUT2D eigenvalue weighted by molar-refractivity contribution is -0.129. The molecule has 1 aromatic heterocycles. The van der Waals surface area contributed by atoms with Crippen molar-refractivity contribution >= 4 is 11.9 Å². The van der Waals surface area contributed by atoms with Crippen LogP contribution in [0, 0.1) is 0 Å². The van der Waals surface area contributed by atoms with Crippen molar-refractivity contribution in [3.8, 4) is 5.75 Å². The van der Waals surface area contributed by atoms with Crippen LogP contribution in [0.25, 0.3) is 0 Å². The Morgan fingerprint density at radius 3 is 2.67 bits per heavy atom. The van der Waals surface area contributed by atoms with Crippen LogP contribution < -0.4 is 10.5 Å². The van der Waals surface area contributed by atoms with Gasteiger partial charge in [0.2, 0.25) is 5.95 Å². The Bertz CT molecular complexity index is 294. The highest BCUT2D eigenvalue weighted by atomic mass is 16.5. The summed E-state index contributed by atoms with van der Waals surface area (Å²) in [7, 11) is 0. The van der Waals surface area contributed by atoms with Crippen molar-refractivity contribution in [2.45, 2.75) is 0 Å². The topological polar surface area (TPSA) is 78.1 Å². The van der Waals surface area contributed by atoms with Crippen LogP contribution >= 0.6 is 0 Å². The van der Waals surface area contributed by atoms with Gasteiger partial charge in [0.05, 0.1) is 12.4 Å². The van der Waals surface area contributed by atoms with E-state index in [4.69, 9.17) is 5.73 Å². The number of rotatable bonds is 2. The molecule has 5 nitrogen and oxygen atoms in total. The first-order chi connectivity index (χ1) is 5.72.